The van der Waals surface area contributed by atoms with Crippen LogP contribution in [0.1, 0.15) is 17.3 Å². The van der Waals surface area contributed by atoms with Crippen molar-refractivity contribution < 1.29 is 14.8 Å². The van der Waals surface area contributed by atoms with Gasteiger partial charge in [0.05, 0.1) is 10.5 Å². The van der Waals surface area contributed by atoms with Gasteiger partial charge in [0, 0.05) is 30.0 Å². The van der Waals surface area contributed by atoms with E-state index in [2.05, 4.69) is 5.32 Å². The van der Waals surface area contributed by atoms with E-state index in [1.54, 1.807) is 6.92 Å². The summed E-state index contributed by atoms with van der Waals surface area (Å²) in [7, 11) is 0. The predicted octanol–water partition coefficient (Wildman–Crippen LogP) is 1.44. The average Bonchev–Trinajstić information content (AvgIpc) is 2.36. The Morgan fingerprint density at radius 2 is 2.05 bits per heavy atom. The van der Waals surface area contributed by atoms with Gasteiger partial charge in [-0.15, -0.1) is 0 Å². The summed E-state index contributed by atoms with van der Waals surface area (Å²) in [6, 6.07) is 5.32. The lowest BCUT2D eigenvalue weighted by molar-refractivity contribution is -0.384. The maximum Gasteiger partial charge on any atom is 0.269 e. The number of benzene rings is 1. The molecule has 1 rings (SSSR count). The van der Waals surface area contributed by atoms with Crippen LogP contribution in [-0.2, 0) is 0 Å². The van der Waals surface area contributed by atoms with Gasteiger partial charge in [0.1, 0.15) is 0 Å². The largest absolute Gasteiger partial charge is 0.387 e. The minimum atomic E-state index is -0.976. The fourth-order valence-corrected chi connectivity index (χ4v) is 2.19. The molecule has 1 atom stereocenters. The number of aliphatic hydroxyl groups is 1. The topological polar surface area (TPSA) is 92.5 Å². The van der Waals surface area contributed by atoms with Crippen LogP contribution in [0.2, 0.25) is 0 Å². The van der Waals surface area contributed by atoms with Crippen LogP contribution in [0.4, 0.5) is 5.69 Å². The molecular formula is C12H16N2O4S. The highest BCUT2D eigenvalue weighted by molar-refractivity contribution is 7.98. The first-order chi connectivity index (χ1) is 8.85. The van der Waals surface area contributed by atoms with Gasteiger partial charge in [0.15, 0.2) is 0 Å². The first-order valence-corrected chi connectivity index (χ1v) is 6.99. The Hall–Kier alpha value is -1.60. The number of nitrogens with zero attached hydrogens (tertiary/aromatic N) is 1. The second-order valence-corrected chi connectivity index (χ2v) is 5.28. The van der Waals surface area contributed by atoms with E-state index in [1.165, 1.54) is 36.0 Å². The van der Waals surface area contributed by atoms with Crippen molar-refractivity contribution in [2.75, 3.05) is 18.6 Å². The van der Waals surface area contributed by atoms with Crippen LogP contribution in [0, 0.1) is 10.1 Å². The quantitative estimate of drug-likeness (QED) is 0.609. The molecule has 1 amide bonds. The van der Waals surface area contributed by atoms with Gasteiger partial charge in [0.25, 0.3) is 11.6 Å². The number of nitro groups is 1. The monoisotopic (exact) mass is 284 g/mol. The molecule has 0 aromatic heterocycles. The Kier molecular flexibility index (Phi) is 5.31. The lowest BCUT2D eigenvalue weighted by atomic mass is 10.1. The van der Waals surface area contributed by atoms with Gasteiger partial charge < -0.3 is 10.4 Å². The van der Waals surface area contributed by atoms with Crippen LogP contribution in [0.3, 0.4) is 0 Å². The van der Waals surface area contributed by atoms with Crippen molar-refractivity contribution in [3.8, 4) is 0 Å². The van der Waals surface area contributed by atoms with Crippen molar-refractivity contribution >= 4 is 23.4 Å². The third-order valence-corrected chi connectivity index (χ3v) is 3.34. The van der Waals surface area contributed by atoms with Gasteiger partial charge >= 0.3 is 0 Å². The number of rotatable bonds is 6. The first kappa shape index (κ1) is 15.5. The molecule has 7 heteroatoms. The van der Waals surface area contributed by atoms with Crippen LogP contribution in [0.15, 0.2) is 24.3 Å². The van der Waals surface area contributed by atoms with Gasteiger partial charge in [0.2, 0.25) is 0 Å². The van der Waals surface area contributed by atoms with Gasteiger partial charge in [-0.25, -0.2) is 0 Å². The molecule has 0 spiro atoms. The number of carbonyl (C=O) groups is 1. The number of hydrogen-bond acceptors (Lipinski definition) is 5. The summed E-state index contributed by atoms with van der Waals surface area (Å²) in [5.41, 5.74) is -0.716. The highest BCUT2D eigenvalue weighted by atomic mass is 32.2. The van der Waals surface area contributed by atoms with Crippen molar-refractivity contribution in [1.29, 1.82) is 0 Å². The summed E-state index contributed by atoms with van der Waals surface area (Å²) >= 11 is 1.48. The zero-order valence-corrected chi connectivity index (χ0v) is 11.6. The molecule has 6 nitrogen and oxygen atoms in total. The number of thioether (sulfide) groups is 1. The number of amides is 1. The van der Waals surface area contributed by atoms with Crippen LogP contribution in [-0.4, -0.2) is 40.1 Å². The highest BCUT2D eigenvalue weighted by Crippen LogP contribution is 2.13. The predicted molar refractivity (Wildman–Crippen MR) is 74.4 cm³/mol. The first-order valence-electron chi connectivity index (χ1n) is 5.60. The van der Waals surface area contributed by atoms with Gasteiger partial charge in [-0.05, 0) is 25.3 Å². The van der Waals surface area contributed by atoms with E-state index < -0.39 is 10.5 Å². The molecule has 0 aliphatic carbocycles. The molecule has 2 N–H and O–H groups in total. The van der Waals surface area contributed by atoms with E-state index in [0.29, 0.717) is 11.3 Å². The van der Waals surface area contributed by atoms with E-state index in [9.17, 15) is 20.0 Å². The van der Waals surface area contributed by atoms with Crippen molar-refractivity contribution in [3.05, 3.63) is 39.9 Å². The summed E-state index contributed by atoms with van der Waals surface area (Å²) in [6.07, 6.45) is 1.87. The average molecular weight is 284 g/mol. The molecule has 0 bridgehead atoms. The van der Waals surface area contributed by atoms with Crippen molar-refractivity contribution in [1.82, 2.24) is 5.32 Å². The van der Waals surface area contributed by atoms with E-state index >= 15 is 0 Å². The van der Waals surface area contributed by atoms with Crippen molar-refractivity contribution in [3.63, 3.8) is 0 Å². The number of carbonyl (C=O) groups excluding carboxylic acids is 1. The molecular weight excluding hydrogens is 268 g/mol. The SMILES string of the molecule is CSCC(C)(O)CNC(=O)c1ccc([N+](=O)[O-])cc1. The second kappa shape index (κ2) is 6.53. The molecule has 0 aliphatic heterocycles. The molecule has 1 aromatic rings. The summed E-state index contributed by atoms with van der Waals surface area (Å²) in [5.74, 6) is 0.143. The van der Waals surface area contributed by atoms with Crippen LogP contribution >= 0.6 is 11.8 Å². The summed E-state index contributed by atoms with van der Waals surface area (Å²) < 4.78 is 0. The standard InChI is InChI=1S/C12H16N2O4S/c1-12(16,8-19-2)7-13-11(15)9-3-5-10(6-4-9)14(17)18/h3-6,16H,7-8H2,1-2H3,(H,13,15). The molecule has 1 aromatic carbocycles. The summed E-state index contributed by atoms with van der Waals surface area (Å²) in [6.45, 7) is 1.77. The van der Waals surface area contributed by atoms with Crippen molar-refractivity contribution in [2.45, 2.75) is 12.5 Å². The Bertz CT molecular complexity index is 459. The van der Waals surface area contributed by atoms with Crippen molar-refractivity contribution in [2.24, 2.45) is 0 Å². The molecule has 0 fully saturated rings. The molecule has 104 valence electrons. The zero-order valence-electron chi connectivity index (χ0n) is 10.8. The Morgan fingerprint density at radius 3 is 2.53 bits per heavy atom. The lowest BCUT2D eigenvalue weighted by Gasteiger charge is -2.22. The van der Waals surface area contributed by atoms with Gasteiger partial charge in [-0.1, -0.05) is 0 Å². The maximum atomic E-state index is 11.8. The maximum absolute atomic E-state index is 11.8. The number of hydrogen-bond donors (Lipinski definition) is 2. The van der Waals surface area contributed by atoms with Gasteiger partial charge in [-0.2, -0.15) is 11.8 Å². The molecule has 0 aliphatic rings. The number of nitro benzene ring substituents is 1. The third kappa shape index (κ3) is 4.88. The Labute approximate surface area is 115 Å². The number of non-ortho nitro benzene ring substituents is 1. The zero-order chi connectivity index (χ0) is 14.5. The van der Waals surface area contributed by atoms with E-state index in [1.807, 2.05) is 6.26 Å². The van der Waals surface area contributed by atoms with Gasteiger partial charge in [-0.3, -0.25) is 14.9 Å². The molecule has 0 saturated carbocycles. The number of nitrogens with one attached hydrogen (secondary N) is 1. The van der Waals surface area contributed by atoms with Crippen LogP contribution in [0.5, 0.6) is 0 Å². The van der Waals surface area contributed by atoms with E-state index in [-0.39, 0.29) is 18.1 Å². The highest BCUT2D eigenvalue weighted by Gasteiger charge is 2.20. The Balaban J connectivity index is 2.61. The summed E-state index contributed by atoms with van der Waals surface area (Å²) in [4.78, 5) is 21.7. The molecule has 0 heterocycles. The molecule has 19 heavy (non-hydrogen) atoms. The van der Waals surface area contributed by atoms with Crippen LogP contribution in [0.25, 0.3) is 0 Å². The molecule has 1 unspecified atom stereocenters. The third-order valence-electron chi connectivity index (χ3n) is 2.43. The molecule has 0 saturated heterocycles. The summed E-state index contributed by atoms with van der Waals surface area (Å²) in [5, 5.41) is 23.0. The van der Waals surface area contributed by atoms with E-state index in [0.717, 1.165) is 0 Å². The Morgan fingerprint density at radius 1 is 1.47 bits per heavy atom. The second-order valence-electron chi connectivity index (χ2n) is 4.42. The van der Waals surface area contributed by atoms with Crippen LogP contribution < -0.4 is 5.32 Å². The lowest BCUT2D eigenvalue weighted by Crippen LogP contribution is -2.42. The smallest absolute Gasteiger partial charge is 0.269 e. The molecule has 0 radical (unpaired) electrons. The minimum absolute atomic E-state index is 0.0640. The van der Waals surface area contributed by atoms with E-state index in [4.69, 9.17) is 0 Å². The fraction of sp³-hybridized carbons (Fsp3) is 0.417. The normalized spacial score (nSPS) is 13.6. The minimum Gasteiger partial charge on any atom is -0.387 e. The fourth-order valence-electron chi connectivity index (χ4n) is 1.47.